The van der Waals surface area contributed by atoms with Crippen LogP contribution in [0.15, 0.2) is 12.5 Å². The fourth-order valence-corrected chi connectivity index (χ4v) is 1.59. The number of esters is 2. The molecule has 1 aromatic rings. The Kier molecular flexibility index (Phi) is 6.85. The van der Waals surface area contributed by atoms with E-state index in [4.69, 9.17) is 17.2 Å². The first-order valence-corrected chi connectivity index (χ1v) is 6.48. The number of unbranched alkanes of at least 4 members (excludes halogenated alkanes) is 1. The highest BCUT2D eigenvalue weighted by atomic mass is 16.6. The summed E-state index contributed by atoms with van der Waals surface area (Å²) in [5, 5.41) is 0. The van der Waals surface area contributed by atoms with E-state index in [-0.39, 0.29) is 6.42 Å². The number of H-pyrrole nitrogens is 1. The van der Waals surface area contributed by atoms with Crippen molar-refractivity contribution >= 4 is 11.9 Å². The Hall–Kier alpha value is -1.77. The quantitative estimate of drug-likeness (QED) is 0.266. The number of nitrogens with zero attached hydrogens (tertiary/aromatic N) is 1. The Bertz CT molecular complexity index is 421. The van der Waals surface area contributed by atoms with Crippen LogP contribution in [0.1, 0.15) is 25.0 Å². The van der Waals surface area contributed by atoms with E-state index in [9.17, 15) is 9.59 Å². The minimum atomic E-state index is -0.935. The van der Waals surface area contributed by atoms with Crippen LogP contribution in [0.5, 0.6) is 0 Å². The molecule has 1 rings (SSSR count). The third-order valence-corrected chi connectivity index (χ3v) is 2.77. The number of hydrogen-bond acceptors (Lipinski definition) is 7. The van der Waals surface area contributed by atoms with Crippen molar-refractivity contribution in [1.29, 1.82) is 0 Å². The number of hydrogen-bond donors (Lipinski definition) is 4. The minimum absolute atomic E-state index is 0.217. The second kappa shape index (κ2) is 8.41. The van der Waals surface area contributed by atoms with Gasteiger partial charge in [-0.15, -0.1) is 0 Å². The maximum absolute atomic E-state index is 11.6. The lowest BCUT2D eigenvalue weighted by Crippen LogP contribution is -2.40. The molecule has 0 aromatic carbocycles. The molecule has 0 aliphatic carbocycles. The third kappa shape index (κ3) is 5.47. The van der Waals surface area contributed by atoms with Crippen molar-refractivity contribution in [1.82, 2.24) is 9.97 Å². The van der Waals surface area contributed by atoms with Crippen molar-refractivity contribution < 1.29 is 14.3 Å². The van der Waals surface area contributed by atoms with E-state index in [1.807, 2.05) is 0 Å². The normalized spacial score (nSPS) is 13.8. The molecule has 7 N–H and O–H groups in total. The molecule has 0 amide bonds. The van der Waals surface area contributed by atoms with E-state index >= 15 is 0 Å². The molecule has 0 aliphatic rings. The number of nitrogens with one attached hydrogen (secondary N) is 1. The molecule has 0 radical (unpaired) electrons. The summed E-state index contributed by atoms with van der Waals surface area (Å²) in [7, 11) is 0. The Morgan fingerprint density at radius 3 is 2.55 bits per heavy atom. The summed E-state index contributed by atoms with van der Waals surface area (Å²) < 4.78 is 4.66. The molecule has 0 aliphatic heterocycles. The molecule has 0 fully saturated rings. The van der Waals surface area contributed by atoms with Crippen LogP contribution in [-0.4, -0.2) is 40.5 Å². The Morgan fingerprint density at radius 1 is 1.25 bits per heavy atom. The summed E-state index contributed by atoms with van der Waals surface area (Å²) in [6.07, 6.45) is 5.16. The molecule has 20 heavy (non-hydrogen) atoms. The van der Waals surface area contributed by atoms with Crippen LogP contribution in [0.4, 0.5) is 0 Å². The van der Waals surface area contributed by atoms with Crippen LogP contribution in [0.3, 0.4) is 0 Å². The lowest BCUT2D eigenvalue weighted by molar-refractivity contribution is -0.161. The summed E-state index contributed by atoms with van der Waals surface area (Å²) >= 11 is 0. The highest BCUT2D eigenvalue weighted by molar-refractivity contribution is 5.90. The van der Waals surface area contributed by atoms with Gasteiger partial charge in [-0.25, -0.2) is 14.6 Å². The Balaban J connectivity index is 2.34. The van der Waals surface area contributed by atoms with Gasteiger partial charge in [0.25, 0.3) is 0 Å². The molecule has 1 heterocycles. The smallest absolute Gasteiger partial charge is 0.330 e. The standard InChI is InChI=1S/C12H21N5O3/c13-4-2-1-3-9(14)11(18)20-12(19)10(15)5-8-6-16-7-17-8/h6-7,9-10H,1-5,13-15H2,(H,16,17)/t9-,10-/m0/s1. The number of carbonyl (C=O) groups is 2. The van der Waals surface area contributed by atoms with Gasteiger partial charge in [-0.05, 0) is 19.4 Å². The molecule has 0 spiro atoms. The lowest BCUT2D eigenvalue weighted by Gasteiger charge is -2.12. The Morgan fingerprint density at radius 2 is 1.95 bits per heavy atom. The van der Waals surface area contributed by atoms with Gasteiger partial charge in [-0.3, -0.25) is 0 Å². The number of ether oxygens (including phenoxy) is 1. The van der Waals surface area contributed by atoms with Crippen molar-refractivity contribution in [2.24, 2.45) is 17.2 Å². The average Bonchev–Trinajstić information content (AvgIpc) is 2.91. The molecule has 0 saturated carbocycles. The Labute approximate surface area is 117 Å². The molecular formula is C12H21N5O3. The zero-order chi connectivity index (χ0) is 15.0. The monoisotopic (exact) mass is 283 g/mol. The van der Waals surface area contributed by atoms with Gasteiger partial charge in [-0.1, -0.05) is 6.42 Å². The molecule has 112 valence electrons. The van der Waals surface area contributed by atoms with Crippen LogP contribution in [-0.2, 0) is 20.7 Å². The topological polar surface area (TPSA) is 150 Å². The second-order valence-corrected chi connectivity index (χ2v) is 4.52. The maximum atomic E-state index is 11.6. The first-order chi connectivity index (χ1) is 9.54. The molecule has 8 nitrogen and oxygen atoms in total. The van der Waals surface area contributed by atoms with Gasteiger partial charge in [0, 0.05) is 18.3 Å². The van der Waals surface area contributed by atoms with E-state index < -0.39 is 24.0 Å². The number of carbonyl (C=O) groups excluding carboxylic acids is 2. The average molecular weight is 283 g/mol. The van der Waals surface area contributed by atoms with Crippen LogP contribution in [0.25, 0.3) is 0 Å². The molecule has 8 heteroatoms. The predicted molar refractivity (Wildman–Crippen MR) is 72.2 cm³/mol. The fourth-order valence-electron chi connectivity index (χ4n) is 1.59. The zero-order valence-electron chi connectivity index (χ0n) is 11.2. The SMILES string of the molecule is NCCCC[C@H](N)C(=O)OC(=O)[C@@H](N)Cc1cnc[nH]1. The van der Waals surface area contributed by atoms with Gasteiger partial charge in [0.1, 0.15) is 12.1 Å². The third-order valence-electron chi connectivity index (χ3n) is 2.77. The fraction of sp³-hybridized carbons (Fsp3) is 0.583. The van der Waals surface area contributed by atoms with Crippen molar-refractivity contribution in [3.05, 3.63) is 18.2 Å². The van der Waals surface area contributed by atoms with Gasteiger partial charge < -0.3 is 26.9 Å². The largest absolute Gasteiger partial charge is 0.391 e. The van der Waals surface area contributed by atoms with Gasteiger partial charge in [0.05, 0.1) is 6.33 Å². The first-order valence-electron chi connectivity index (χ1n) is 6.48. The van der Waals surface area contributed by atoms with E-state index in [1.54, 1.807) is 6.20 Å². The summed E-state index contributed by atoms with van der Waals surface area (Å²) in [4.78, 5) is 29.8. The highest BCUT2D eigenvalue weighted by Crippen LogP contribution is 2.03. The van der Waals surface area contributed by atoms with Gasteiger partial charge in [-0.2, -0.15) is 0 Å². The number of aromatic nitrogens is 2. The van der Waals surface area contributed by atoms with Crippen LogP contribution in [0, 0.1) is 0 Å². The molecule has 2 atom stereocenters. The maximum Gasteiger partial charge on any atom is 0.330 e. The van der Waals surface area contributed by atoms with E-state index in [1.165, 1.54) is 6.33 Å². The summed E-state index contributed by atoms with van der Waals surface area (Å²) in [5.74, 6) is -1.55. The molecule has 0 saturated heterocycles. The molecular weight excluding hydrogens is 262 g/mol. The van der Waals surface area contributed by atoms with E-state index in [2.05, 4.69) is 14.7 Å². The predicted octanol–water partition coefficient (Wildman–Crippen LogP) is -1.19. The number of rotatable bonds is 8. The van der Waals surface area contributed by atoms with Gasteiger partial charge >= 0.3 is 11.9 Å². The van der Waals surface area contributed by atoms with E-state index in [0.29, 0.717) is 25.1 Å². The van der Waals surface area contributed by atoms with Crippen molar-refractivity contribution in [3.63, 3.8) is 0 Å². The first kappa shape index (κ1) is 16.3. The minimum Gasteiger partial charge on any atom is -0.391 e. The van der Waals surface area contributed by atoms with Crippen molar-refractivity contribution in [3.8, 4) is 0 Å². The molecule has 0 unspecified atom stereocenters. The van der Waals surface area contributed by atoms with Crippen molar-refractivity contribution in [2.45, 2.75) is 37.8 Å². The number of nitrogens with two attached hydrogens (primary N) is 3. The molecule has 0 bridgehead atoms. The molecule has 1 aromatic heterocycles. The van der Waals surface area contributed by atoms with Crippen molar-refractivity contribution in [2.75, 3.05) is 6.54 Å². The zero-order valence-corrected chi connectivity index (χ0v) is 11.2. The van der Waals surface area contributed by atoms with Crippen LogP contribution < -0.4 is 17.2 Å². The lowest BCUT2D eigenvalue weighted by atomic mass is 10.1. The van der Waals surface area contributed by atoms with Gasteiger partial charge in [0.2, 0.25) is 0 Å². The number of imidazole rings is 1. The van der Waals surface area contributed by atoms with Crippen LogP contribution in [0.2, 0.25) is 0 Å². The summed E-state index contributed by atoms with van der Waals surface area (Å²) in [6.45, 7) is 0.537. The van der Waals surface area contributed by atoms with Gasteiger partial charge in [0.15, 0.2) is 0 Å². The highest BCUT2D eigenvalue weighted by Gasteiger charge is 2.23. The summed E-state index contributed by atoms with van der Waals surface area (Å²) in [5.41, 5.74) is 17.3. The number of aromatic amines is 1. The summed E-state index contributed by atoms with van der Waals surface area (Å²) in [6, 6.07) is -1.76. The van der Waals surface area contributed by atoms with E-state index in [0.717, 1.165) is 6.42 Å². The van der Waals surface area contributed by atoms with Crippen LogP contribution >= 0.6 is 0 Å². The second-order valence-electron chi connectivity index (χ2n) is 4.52.